The number of methoxy groups -OCH3 is 1. The number of esters is 1. The first kappa shape index (κ1) is 22.1. The van der Waals surface area contributed by atoms with Crippen molar-refractivity contribution in [3.63, 3.8) is 0 Å². The van der Waals surface area contributed by atoms with Crippen LogP contribution in [0, 0.1) is 33.4 Å². The number of para-hydroxylation sites is 1. The van der Waals surface area contributed by atoms with E-state index in [4.69, 9.17) is 32.7 Å². The molecule has 0 radical (unpaired) electrons. The van der Waals surface area contributed by atoms with E-state index in [1.54, 1.807) is 44.2 Å². The molecule has 1 saturated carbocycles. The molecule has 0 heterocycles. The van der Waals surface area contributed by atoms with Crippen molar-refractivity contribution in [2.75, 3.05) is 7.11 Å². The van der Waals surface area contributed by atoms with Crippen LogP contribution in [0.5, 0.6) is 11.5 Å². The number of carbonyl (C=O) groups excluding carboxylic acids is 1. The molecule has 30 heavy (non-hydrogen) atoms. The minimum absolute atomic E-state index is 0.0191. The molecule has 0 spiro atoms. The van der Waals surface area contributed by atoms with Gasteiger partial charge in [-0.15, -0.1) is 0 Å². The first-order valence-electron chi connectivity index (χ1n) is 9.20. The lowest BCUT2D eigenvalue weighted by molar-refractivity contribution is -0.149. The molecule has 2 unspecified atom stereocenters. The van der Waals surface area contributed by atoms with Crippen LogP contribution in [0.15, 0.2) is 59.1 Å². The maximum Gasteiger partial charge on any atom is 0.314 e. The predicted molar refractivity (Wildman–Crippen MR) is 113 cm³/mol. The number of carbonyl (C=O) groups is 1. The van der Waals surface area contributed by atoms with Crippen LogP contribution in [0.4, 0.5) is 4.39 Å². The number of nitrogens with zero attached hydrogens (tertiary/aromatic N) is 1. The van der Waals surface area contributed by atoms with E-state index in [1.807, 2.05) is 6.07 Å². The molecule has 0 bridgehead atoms. The Morgan fingerprint density at radius 1 is 1.20 bits per heavy atom. The minimum Gasteiger partial charge on any atom is -0.469 e. The third-order valence-corrected chi connectivity index (χ3v) is 6.35. The van der Waals surface area contributed by atoms with Crippen LogP contribution in [-0.4, -0.2) is 13.1 Å². The van der Waals surface area contributed by atoms with Gasteiger partial charge in [0, 0.05) is 5.41 Å². The lowest BCUT2D eigenvalue weighted by Gasteiger charge is -2.19. The van der Waals surface area contributed by atoms with Gasteiger partial charge >= 0.3 is 5.97 Å². The summed E-state index contributed by atoms with van der Waals surface area (Å²) < 4.78 is 25.0. The molecule has 0 saturated heterocycles. The molecule has 3 rings (SSSR count). The van der Waals surface area contributed by atoms with E-state index < -0.39 is 28.0 Å². The summed E-state index contributed by atoms with van der Waals surface area (Å²) in [5, 5.41) is 9.99. The minimum atomic E-state index is -1.28. The molecule has 1 fully saturated rings. The highest BCUT2D eigenvalue weighted by atomic mass is 35.5. The van der Waals surface area contributed by atoms with Gasteiger partial charge in [-0.2, -0.15) is 5.26 Å². The average Bonchev–Trinajstić information content (AvgIpc) is 3.12. The zero-order valence-electron chi connectivity index (χ0n) is 16.7. The number of ether oxygens (including phenoxy) is 2. The van der Waals surface area contributed by atoms with Gasteiger partial charge in [0.25, 0.3) is 0 Å². The normalized spacial score (nSPS) is 23.8. The van der Waals surface area contributed by atoms with Crippen LogP contribution in [-0.2, 0) is 16.0 Å². The second-order valence-electron chi connectivity index (χ2n) is 7.73. The molecule has 2 atom stereocenters. The number of allylic oxidation sites excluding steroid dienone is 1. The van der Waals surface area contributed by atoms with Gasteiger partial charge in [-0.3, -0.25) is 4.79 Å². The van der Waals surface area contributed by atoms with Gasteiger partial charge in [0.15, 0.2) is 11.6 Å². The maximum absolute atomic E-state index is 14.4. The van der Waals surface area contributed by atoms with Crippen molar-refractivity contribution in [3.05, 3.63) is 70.5 Å². The quantitative estimate of drug-likeness (QED) is 0.495. The third kappa shape index (κ3) is 3.25. The van der Waals surface area contributed by atoms with E-state index in [-0.39, 0.29) is 16.7 Å². The Morgan fingerprint density at radius 2 is 1.87 bits per heavy atom. The van der Waals surface area contributed by atoms with Gasteiger partial charge in [-0.1, -0.05) is 61.3 Å². The molecule has 2 aromatic rings. The van der Waals surface area contributed by atoms with Crippen molar-refractivity contribution < 1.29 is 18.7 Å². The van der Waals surface area contributed by atoms with Gasteiger partial charge < -0.3 is 9.47 Å². The summed E-state index contributed by atoms with van der Waals surface area (Å²) in [6.07, 6.45) is 1.50. The molecular weight excluding hydrogens is 428 g/mol. The Hall–Kier alpha value is -2.55. The van der Waals surface area contributed by atoms with Crippen LogP contribution < -0.4 is 4.74 Å². The highest BCUT2D eigenvalue weighted by Gasteiger charge is 2.86. The standard InChI is InChI=1S/C23H20Cl2FNO3/c1-21(2)22(14-27,13-19(24)25)23(21,20(28)29-3)12-15-9-10-17(26)18(11-15)30-16-7-5-4-6-8-16/h4-11,13H,12H2,1-3H3. The van der Waals surface area contributed by atoms with Crippen LogP contribution in [0.1, 0.15) is 19.4 Å². The van der Waals surface area contributed by atoms with Crippen molar-refractivity contribution in [2.24, 2.45) is 16.2 Å². The van der Waals surface area contributed by atoms with Gasteiger partial charge in [0.05, 0.1) is 13.2 Å². The van der Waals surface area contributed by atoms with Crippen LogP contribution in [0.25, 0.3) is 0 Å². The zero-order chi connectivity index (χ0) is 22.2. The van der Waals surface area contributed by atoms with Crippen LogP contribution in [0.2, 0.25) is 0 Å². The molecule has 2 aromatic carbocycles. The predicted octanol–water partition coefficient (Wildman–Crippen LogP) is 6.19. The van der Waals surface area contributed by atoms with E-state index in [0.29, 0.717) is 11.3 Å². The zero-order valence-corrected chi connectivity index (χ0v) is 18.2. The first-order valence-corrected chi connectivity index (χ1v) is 9.95. The van der Waals surface area contributed by atoms with Gasteiger partial charge in [0.2, 0.25) is 0 Å². The Labute approximate surface area is 184 Å². The summed E-state index contributed by atoms with van der Waals surface area (Å²) in [4.78, 5) is 12.9. The van der Waals surface area contributed by atoms with Gasteiger partial charge in [-0.25, -0.2) is 4.39 Å². The Bertz CT molecular complexity index is 1040. The van der Waals surface area contributed by atoms with Crippen LogP contribution >= 0.6 is 23.2 Å². The monoisotopic (exact) mass is 447 g/mol. The molecule has 4 nitrogen and oxygen atoms in total. The fraction of sp³-hybridized carbons (Fsp3) is 0.304. The van der Waals surface area contributed by atoms with Crippen molar-refractivity contribution in [1.82, 2.24) is 0 Å². The highest BCUT2D eigenvalue weighted by Crippen LogP contribution is 2.80. The summed E-state index contributed by atoms with van der Waals surface area (Å²) in [5.41, 5.74) is -2.75. The number of benzene rings is 2. The molecule has 0 aliphatic heterocycles. The number of hydrogen-bond acceptors (Lipinski definition) is 4. The van der Waals surface area contributed by atoms with E-state index >= 15 is 0 Å². The van der Waals surface area contributed by atoms with Gasteiger partial charge in [-0.05, 0) is 42.3 Å². The average molecular weight is 448 g/mol. The molecular formula is C23H20Cl2FNO3. The molecule has 0 aromatic heterocycles. The molecule has 0 N–H and O–H groups in total. The number of rotatable bonds is 6. The van der Waals surface area contributed by atoms with E-state index in [2.05, 4.69) is 6.07 Å². The van der Waals surface area contributed by atoms with Crippen molar-refractivity contribution in [1.29, 1.82) is 5.26 Å². The maximum atomic E-state index is 14.4. The number of halogens is 3. The second-order valence-corrected chi connectivity index (χ2v) is 8.74. The van der Waals surface area contributed by atoms with Crippen molar-refractivity contribution in [2.45, 2.75) is 20.3 Å². The smallest absolute Gasteiger partial charge is 0.314 e. The largest absolute Gasteiger partial charge is 0.469 e. The number of nitriles is 1. The number of hydrogen-bond donors (Lipinski definition) is 0. The molecule has 1 aliphatic rings. The summed E-state index contributed by atoms with van der Waals surface area (Å²) in [6, 6.07) is 15.4. The Balaban J connectivity index is 2.04. The lowest BCUT2D eigenvalue weighted by atomic mass is 9.86. The third-order valence-electron chi connectivity index (χ3n) is 6.14. The first-order chi connectivity index (χ1) is 14.1. The van der Waals surface area contributed by atoms with E-state index in [0.717, 1.165) is 0 Å². The van der Waals surface area contributed by atoms with Crippen LogP contribution in [0.3, 0.4) is 0 Å². The Kier molecular flexibility index (Phi) is 5.86. The fourth-order valence-corrected chi connectivity index (χ4v) is 4.74. The van der Waals surface area contributed by atoms with Gasteiger partial charge in [0.1, 0.15) is 21.1 Å². The molecule has 156 valence electrons. The fourth-order valence-electron chi connectivity index (χ4n) is 4.42. The lowest BCUT2D eigenvalue weighted by Crippen LogP contribution is -2.28. The second kappa shape index (κ2) is 7.94. The topological polar surface area (TPSA) is 59.3 Å². The van der Waals surface area contributed by atoms with E-state index in [1.165, 1.54) is 25.3 Å². The summed E-state index contributed by atoms with van der Waals surface area (Å²) in [6.45, 7) is 3.57. The van der Waals surface area contributed by atoms with E-state index in [9.17, 15) is 14.4 Å². The summed E-state index contributed by atoms with van der Waals surface area (Å²) in [7, 11) is 1.27. The SMILES string of the molecule is COC(=O)C1(Cc2ccc(F)c(Oc3ccccc3)c2)C(C)(C)C1(C#N)C=C(Cl)Cl. The van der Waals surface area contributed by atoms with Crippen molar-refractivity contribution >= 4 is 29.2 Å². The molecule has 7 heteroatoms. The highest BCUT2D eigenvalue weighted by molar-refractivity contribution is 6.56. The Morgan fingerprint density at radius 3 is 2.43 bits per heavy atom. The molecule has 1 aliphatic carbocycles. The summed E-state index contributed by atoms with van der Waals surface area (Å²) >= 11 is 11.8. The van der Waals surface area contributed by atoms with Crippen molar-refractivity contribution in [3.8, 4) is 17.6 Å². The summed E-state index contributed by atoms with van der Waals surface area (Å²) in [5.74, 6) is -0.605. The molecule has 0 amide bonds.